The molecule has 2 aromatic carbocycles. The van der Waals surface area contributed by atoms with Gasteiger partial charge in [0.25, 0.3) is 0 Å². The summed E-state index contributed by atoms with van der Waals surface area (Å²) in [4.78, 5) is 12.7. The molecular weight excluding hydrogens is 402 g/mol. The molecule has 168 valence electrons. The first kappa shape index (κ1) is 22.0. The highest BCUT2D eigenvalue weighted by Crippen LogP contribution is 2.38. The Labute approximate surface area is 189 Å². The molecule has 5 nitrogen and oxygen atoms in total. The van der Waals surface area contributed by atoms with Crippen LogP contribution in [0.25, 0.3) is 27.7 Å². The van der Waals surface area contributed by atoms with E-state index in [0.717, 1.165) is 57.6 Å². The van der Waals surface area contributed by atoms with Gasteiger partial charge < -0.3 is 19.2 Å². The van der Waals surface area contributed by atoms with Crippen LogP contribution in [0.3, 0.4) is 0 Å². The molecule has 1 fully saturated rings. The zero-order valence-electron chi connectivity index (χ0n) is 19.1. The summed E-state index contributed by atoms with van der Waals surface area (Å²) in [5.41, 5.74) is 4.55. The minimum Gasteiger partial charge on any atom is -0.497 e. The predicted molar refractivity (Wildman–Crippen MR) is 128 cm³/mol. The van der Waals surface area contributed by atoms with Crippen molar-refractivity contribution in [3.8, 4) is 22.6 Å². The molecule has 1 aromatic heterocycles. The van der Waals surface area contributed by atoms with Crippen LogP contribution in [0.15, 0.2) is 53.2 Å². The molecule has 0 bridgehead atoms. The molecule has 0 unspecified atom stereocenters. The van der Waals surface area contributed by atoms with Crippen LogP contribution >= 0.6 is 0 Å². The van der Waals surface area contributed by atoms with Crippen LogP contribution in [0, 0.1) is 0 Å². The van der Waals surface area contributed by atoms with Gasteiger partial charge in [0, 0.05) is 34.7 Å². The molecule has 3 aromatic rings. The number of methoxy groups -OCH3 is 1. The number of carbonyl (C=O) groups excluding carboxylic acids is 1. The normalized spacial score (nSPS) is 15.0. The third-order valence-electron chi connectivity index (χ3n) is 6.10. The summed E-state index contributed by atoms with van der Waals surface area (Å²) in [5, 5.41) is 4.15. The van der Waals surface area contributed by atoms with E-state index < -0.39 is 0 Å². The Morgan fingerprint density at radius 1 is 1.16 bits per heavy atom. The molecule has 5 heteroatoms. The summed E-state index contributed by atoms with van der Waals surface area (Å²) in [6.07, 6.45) is 9.22. The van der Waals surface area contributed by atoms with E-state index in [2.05, 4.69) is 11.4 Å². The number of hydrogen-bond acceptors (Lipinski definition) is 4. The van der Waals surface area contributed by atoms with Crippen molar-refractivity contribution in [1.29, 1.82) is 0 Å². The minimum absolute atomic E-state index is 0.0421. The molecule has 1 N–H and O–H groups in total. The number of carbonyl (C=O) groups is 1. The number of amides is 1. The first-order valence-electron chi connectivity index (χ1n) is 11.4. The molecule has 1 amide bonds. The number of hydrogen-bond donors (Lipinski definition) is 1. The molecule has 0 saturated heterocycles. The number of ether oxygens (including phenoxy) is 2. The molecule has 1 saturated carbocycles. The number of nitrogens with one attached hydrogen (secondary N) is 1. The van der Waals surface area contributed by atoms with Gasteiger partial charge in [-0.2, -0.15) is 0 Å². The maximum Gasteiger partial charge on any atom is 0.244 e. The van der Waals surface area contributed by atoms with Crippen LogP contribution in [0.4, 0.5) is 0 Å². The molecule has 4 rings (SSSR count). The molecule has 0 spiro atoms. The van der Waals surface area contributed by atoms with Gasteiger partial charge in [-0.25, -0.2) is 0 Å². The van der Waals surface area contributed by atoms with E-state index in [9.17, 15) is 4.79 Å². The number of rotatable bonds is 7. The lowest BCUT2D eigenvalue weighted by atomic mass is 9.95. The van der Waals surface area contributed by atoms with E-state index in [-0.39, 0.29) is 11.9 Å². The monoisotopic (exact) mass is 433 g/mol. The molecule has 0 aliphatic heterocycles. The van der Waals surface area contributed by atoms with Gasteiger partial charge in [0.1, 0.15) is 17.1 Å². The summed E-state index contributed by atoms with van der Waals surface area (Å²) in [6.45, 7) is 4.44. The summed E-state index contributed by atoms with van der Waals surface area (Å²) < 4.78 is 17.0. The highest BCUT2D eigenvalue weighted by Gasteiger charge is 2.17. The highest BCUT2D eigenvalue weighted by atomic mass is 16.5. The van der Waals surface area contributed by atoms with Gasteiger partial charge in [0.2, 0.25) is 5.91 Å². The maximum atomic E-state index is 12.7. The summed E-state index contributed by atoms with van der Waals surface area (Å²) >= 11 is 0. The maximum absolute atomic E-state index is 12.7. The van der Waals surface area contributed by atoms with Crippen molar-refractivity contribution in [2.24, 2.45) is 0 Å². The third-order valence-corrected chi connectivity index (χ3v) is 6.10. The Bertz CT molecular complexity index is 1100. The predicted octanol–water partition coefficient (Wildman–Crippen LogP) is 6.36. The van der Waals surface area contributed by atoms with E-state index in [0.29, 0.717) is 6.61 Å². The Balaban J connectivity index is 1.68. The number of benzene rings is 2. The lowest BCUT2D eigenvalue weighted by Gasteiger charge is -2.22. The Morgan fingerprint density at radius 2 is 1.91 bits per heavy atom. The molecule has 32 heavy (non-hydrogen) atoms. The Hall–Kier alpha value is -3.21. The van der Waals surface area contributed by atoms with Crippen molar-refractivity contribution >= 4 is 22.4 Å². The number of allylic oxidation sites excluding steroid dienone is 1. The van der Waals surface area contributed by atoms with Gasteiger partial charge in [-0.05, 0) is 56.0 Å². The van der Waals surface area contributed by atoms with Crippen molar-refractivity contribution in [3.63, 3.8) is 0 Å². The van der Waals surface area contributed by atoms with Crippen molar-refractivity contribution in [2.45, 2.75) is 52.0 Å². The van der Waals surface area contributed by atoms with Gasteiger partial charge in [-0.3, -0.25) is 4.79 Å². The number of furan rings is 1. The molecular formula is C27H31NO4. The largest absolute Gasteiger partial charge is 0.497 e. The molecule has 0 radical (unpaired) electrons. The van der Waals surface area contributed by atoms with E-state index in [4.69, 9.17) is 13.9 Å². The zero-order valence-corrected chi connectivity index (χ0v) is 19.1. The van der Waals surface area contributed by atoms with E-state index in [1.54, 1.807) is 19.4 Å². The average Bonchev–Trinajstić information content (AvgIpc) is 3.22. The average molecular weight is 434 g/mol. The second-order valence-corrected chi connectivity index (χ2v) is 8.33. The molecule has 1 aliphatic rings. The quantitative estimate of drug-likeness (QED) is 0.441. The summed E-state index contributed by atoms with van der Waals surface area (Å²) in [6, 6.07) is 12.2. The Morgan fingerprint density at radius 3 is 2.59 bits per heavy atom. The van der Waals surface area contributed by atoms with Gasteiger partial charge in [0.05, 0.1) is 20.0 Å². The van der Waals surface area contributed by atoms with Gasteiger partial charge in [-0.15, -0.1) is 0 Å². The van der Waals surface area contributed by atoms with E-state index in [1.165, 1.54) is 19.3 Å². The molecule has 1 aliphatic carbocycles. The fourth-order valence-electron chi connectivity index (χ4n) is 4.40. The molecule has 1 heterocycles. The van der Waals surface area contributed by atoms with Crippen LogP contribution in [-0.4, -0.2) is 25.7 Å². The first-order valence-corrected chi connectivity index (χ1v) is 11.4. The second-order valence-electron chi connectivity index (χ2n) is 8.33. The lowest BCUT2D eigenvalue weighted by molar-refractivity contribution is -0.117. The van der Waals surface area contributed by atoms with Crippen LogP contribution in [0.5, 0.6) is 11.5 Å². The van der Waals surface area contributed by atoms with Crippen molar-refractivity contribution in [2.75, 3.05) is 13.7 Å². The third kappa shape index (κ3) is 4.82. The highest BCUT2D eigenvalue weighted by molar-refractivity contribution is 6.00. The van der Waals surface area contributed by atoms with Crippen LogP contribution in [0.2, 0.25) is 0 Å². The fourth-order valence-corrected chi connectivity index (χ4v) is 4.40. The van der Waals surface area contributed by atoms with Crippen molar-refractivity contribution in [1.82, 2.24) is 5.32 Å². The van der Waals surface area contributed by atoms with Crippen molar-refractivity contribution in [3.05, 3.63) is 54.3 Å². The topological polar surface area (TPSA) is 60.7 Å². The van der Waals surface area contributed by atoms with Gasteiger partial charge in [0.15, 0.2) is 0 Å². The van der Waals surface area contributed by atoms with E-state index in [1.807, 2.05) is 44.2 Å². The second kappa shape index (κ2) is 9.94. The minimum atomic E-state index is -0.0421. The Kier molecular flexibility index (Phi) is 6.84. The fraction of sp³-hybridized carbons (Fsp3) is 0.370. The van der Waals surface area contributed by atoms with Gasteiger partial charge >= 0.3 is 0 Å². The molecule has 0 atom stereocenters. The first-order chi connectivity index (χ1) is 15.6. The van der Waals surface area contributed by atoms with Gasteiger partial charge in [-0.1, -0.05) is 31.4 Å². The van der Waals surface area contributed by atoms with Crippen LogP contribution in [0.1, 0.15) is 51.5 Å². The lowest BCUT2D eigenvalue weighted by Crippen LogP contribution is -2.35. The SMILES string of the molecule is CCOc1cc2occ(-c3ccc(OC)cc3)c2cc1/C(C)=C/C(=O)NC1CCCCC1. The van der Waals surface area contributed by atoms with Crippen LogP contribution < -0.4 is 14.8 Å². The standard InChI is InChI=1S/C27H31NO4/c1-4-31-25-16-26-23(24(17-32-26)19-10-12-21(30-3)13-11-19)15-22(25)18(2)14-27(29)28-20-8-6-5-7-9-20/h10-17,20H,4-9H2,1-3H3,(H,28,29)/b18-14+. The summed E-state index contributed by atoms with van der Waals surface area (Å²) in [5.74, 6) is 1.48. The van der Waals surface area contributed by atoms with E-state index >= 15 is 0 Å². The number of fused-ring (bicyclic) bond motifs is 1. The van der Waals surface area contributed by atoms with Crippen LogP contribution in [-0.2, 0) is 4.79 Å². The zero-order chi connectivity index (χ0) is 22.5. The summed E-state index contributed by atoms with van der Waals surface area (Å²) in [7, 11) is 1.66. The van der Waals surface area contributed by atoms with Crippen molar-refractivity contribution < 1.29 is 18.7 Å². The smallest absolute Gasteiger partial charge is 0.244 e.